The molecule has 1 aliphatic rings. The lowest BCUT2D eigenvalue weighted by molar-refractivity contribution is 0.0934. The summed E-state index contributed by atoms with van der Waals surface area (Å²) in [6.45, 7) is 1.81. The molecule has 1 aliphatic carbocycles. The third-order valence-electron chi connectivity index (χ3n) is 3.44. The van der Waals surface area contributed by atoms with Crippen molar-refractivity contribution in [3.05, 3.63) is 35.1 Å². The minimum absolute atomic E-state index is 0.146. The SMILES string of the molecule is CSC1CCCC1NC(=O)c1ccc(C)cc1F. The fourth-order valence-electron chi connectivity index (χ4n) is 2.42. The Kier molecular flexibility index (Phi) is 4.27. The molecule has 1 aromatic carbocycles. The molecule has 1 N–H and O–H groups in total. The van der Waals surface area contributed by atoms with Crippen molar-refractivity contribution in [2.24, 2.45) is 0 Å². The highest BCUT2D eigenvalue weighted by molar-refractivity contribution is 7.99. The van der Waals surface area contributed by atoms with Crippen LogP contribution in [0.5, 0.6) is 0 Å². The Labute approximate surface area is 111 Å². The van der Waals surface area contributed by atoms with Crippen LogP contribution in [-0.2, 0) is 0 Å². The molecular weight excluding hydrogens is 249 g/mol. The predicted molar refractivity (Wildman–Crippen MR) is 73.5 cm³/mol. The summed E-state index contributed by atoms with van der Waals surface area (Å²) in [5.41, 5.74) is 0.972. The van der Waals surface area contributed by atoms with E-state index in [4.69, 9.17) is 0 Å². The van der Waals surface area contributed by atoms with Gasteiger partial charge >= 0.3 is 0 Å². The average Bonchev–Trinajstić information content (AvgIpc) is 2.76. The lowest BCUT2D eigenvalue weighted by atomic mass is 10.1. The maximum Gasteiger partial charge on any atom is 0.254 e. The van der Waals surface area contributed by atoms with Gasteiger partial charge in [0.25, 0.3) is 5.91 Å². The summed E-state index contributed by atoms with van der Waals surface area (Å²) in [6, 6.07) is 4.89. The van der Waals surface area contributed by atoms with E-state index in [9.17, 15) is 9.18 Å². The molecule has 0 bridgehead atoms. The maximum absolute atomic E-state index is 13.7. The number of amides is 1. The van der Waals surface area contributed by atoms with Gasteiger partial charge in [-0.05, 0) is 43.7 Å². The molecule has 0 heterocycles. The smallest absolute Gasteiger partial charge is 0.254 e. The number of carbonyl (C=O) groups excluding carboxylic acids is 1. The number of benzene rings is 1. The van der Waals surface area contributed by atoms with Crippen LogP contribution < -0.4 is 5.32 Å². The zero-order valence-corrected chi connectivity index (χ0v) is 11.5. The monoisotopic (exact) mass is 267 g/mol. The highest BCUT2D eigenvalue weighted by Crippen LogP contribution is 2.28. The molecule has 4 heteroatoms. The van der Waals surface area contributed by atoms with Gasteiger partial charge < -0.3 is 5.32 Å². The van der Waals surface area contributed by atoms with Gasteiger partial charge in [-0.1, -0.05) is 12.5 Å². The molecule has 18 heavy (non-hydrogen) atoms. The van der Waals surface area contributed by atoms with Crippen molar-refractivity contribution in [3.63, 3.8) is 0 Å². The number of rotatable bonds is 3. The molecule has 1 fully saturated rings. The van der Waals surface area contributed by atoms with Crippen LogP contribution in [0.3, 0.4) is 0 Å². The largest absolute Gasteiger partial charge is 0.348 e. The lowest BCUT2D eigenvalue weighted by Crippen LogP contribution is -2.39. The molecule has 1 amide bonds. The Morgan fingerprint density at radius 2 is 2.22 bits per heavy atom. The molecule has 0 radical (unpaired) electrons. The van der Waals surface area contributed by atoms with Gasteiger partial charge in [-0.15, -0.1) is 0 Å². The number of thioether (sulfide) groups is 1. The summed E-state index contributed by atoms with van der Waals surface area (Å²) < 4.78 is 13.7. The highest BCUT2D eigenvalue weighted by Gasteiger charge is 2.28. The molecule has 0 saturated heterocycles. The van der Waals surface area contributed by atoms with Crippen molar-refractivity contribution in [2.75, 3.05) is 6.26 Å². The van der Waals surface area contributed by atoms with Crippen molar-refractivity contribution in [2.45, 2.75) is 37.5 Å². The van der Waals surface area contributed by atoms with E-state index in [1.165, 1.54) is 6.07 Å². The second kappa shape index (κ2) is 5.74. The Morgan fingerprint density at radius 3 is 2.89 bits per heavy atom. The summed E-state index contributed by atoms with van der Waals surface area (Å²) in [5, 5.41) is 3.42. The van der Waals surface area contributed by atoms with Gasteiger partial charge in [-0.3, -0.25) is 4.79 Å². The molecule has 2 rings (SSSR count). The quantitative estimate of drug-likeness (QED) is 0.911. The number of hydrogen-bond acceptors (Lipinski definition) is 2. The second-order valence-electron chi connectivity index (χ2n) is 4.77. The van der Waals surface area contributed by atoms with Gasteiger partial charge in [0, 0.05) is 11.3 Å². The van der Waals surface area contributed by atoms with E-state index in [1.54, 1.807) is 23.9 Å². The topological polar surface area (TPSA) is 29.1 Å². The van der Waals surface area contributed by atoms with Crippen molar-refractivity contribution < 1.29 is 9.18 Å². The Morgan fingerprint density at radius 1 is 1.44 bits per heavy atom. The van der Waals surface area contributed by atoms with Gasteiger partial charge in [0.15, 0.2) is 0 Å². The molecule has 2 nitrogen and oxygen atoms in total. The van der Waals surface area contributed by atoms with Gasteiger partial charge in [0.2, 0.25) is 0 Å². The standard InChI is InChI=1S/C14H18FNOS/c1-9-6-7-10(11(15)8-9)14(17)16-12-4-3-5-13(12)18-2/h6-8,12-13H,3-5H2,1-2H3,(H,16,17). The average molecular weight is 267 g/mol. The first-order valence-electron chi connectivity index (χ1n) is 6.21. The van der Waals surface area contributed by atoms with Gasteiger partial charge in [0.1, 0.15) is 5.82 Å². The van der Waals surface area contributed by atoms with Crippen LogP contribution in [0.15, 0.2) is 18.2 Å². The zero-order chi connectivity index (χ0) is 13.1. The summed E-state index contributed by atoms with van der Waals surface area (Å²) >= 11 is 1.78. The van der Waals surface area contributed by atoms with Crippen molar-refractivity contribution in [1.29, 1.82) is 0 Å². The van der Waals surface area contributed by atoms with E-state index in [1.807, 2.05) is 6.92 Å². The summed E-state index contributed by atoms with van der Waals surface area (Å²) in [7, 11) is 0. The minimum Gasteiger partial charge on any atom is -0.348 e. The Bertz CT molecular complexity index is 449. The molecule has 98 valence electrons. The third-order valence-corrected chi connectivity index (χ3v) is 4.61. The number of aryl methyl sites for hydroxylation is 1. The van der Waals surface area contributed by atoms with E-state index in [-0.39, 0.29) is 17.5 Å². The van der Waals surface area contributed by atoms with Crippen LogP contribution in [-0.4, -0.2) is 23.5 Å². The molecule has 2 atom stereocenters. The molecule has 1 aromatic rings. The maximum atomic E-state index is 13.7. The Hall–Kier alpha value is -1.03. The van der Waals surface area contributed by atoms with Crippen molar-refractivity contribution >= 4 is 17.7 Å². The number of carbonyl (C=O) groups is 1. The first kappa shape index (κ1) is 13.4. The Balaban J connectivity index is 2.07. The van der Waals surface area contributed by atoms with Crippen LogP contribution >= 0.6 is 11.8 Å². The number of hydrogen-bond donors (Lipinski definition) is 1. The van der Waals surface area contributed by atoms with Crippen molar-refractivity contribution in [3.8, 4) is 0 Å². The molecule has 2 unspecified atom stereocenters. The lowest BCUT2D eigenvalue weighted by Gasteiger charge is -2.19. The second-order valence-corrected chi connectivity index (χ2v) is 5.85. The van der Waals surface area contributed by atoms with E-state index >= 15 is 0 Å². The fourth-order valence-corrected chi connectivity index (χ4v) is 3.36. The van der Waals surface area contributed by atoms with Crippen molar-refractivity contribution in [1.82, 2.24) is 5.32 Å². The van der Waals surface area contributed by atoms with Gasteiger partial charge in [-0.2, -0.15) is 11.8 Å². The van der Waals surface area contributed by atoms with Crippen LogP contribution in [0.25, 0.3) is 0 Å². The number of nitrogens with one attached hydrogen (secondary N) is 1. The summed E-state index contributed by atoms with van der Waals surface area (Å²) in [5.74, 6) is -0.732. The summed E-state index contributed by atoms with van der Waals surface area (Å²) in [6.07, 6.45) is 5.31. The van der Waals surface area contributed by atoms with E-state index in [0.717, 1.165) is 24.8 Å². The molecule has 0 aromatic heterocycles. The zero-order valence-electron chi connectivity index (χ0n) is 10.7. The van der Waals surface area contributed by atoms with Crippen LogP contribution in [0, 0.1) is 12.7 Å². The van der Waals surface area contributed by atoms with Gasteiger partial charge in [0.05, 0.1) is 5.56 Å². The molecule has 1 saturated carbocycles. The van der Waals surface area contributed by atoms with E-state index in [0.29, 0.717) is 5.25 Å². The fraction of sp³-hybridized carbons (Fsp3) is 0.500. The third kappa shape index (κ3) is 2.86. The summed E-state index contributed by atoms with van der Waals surface area (Å²) in [4.78, 5) is 12.0. The van der Waals surface area contributed by atoms with Crippen LogP contribution in [0.1, 0.15) is 35.2 Å². The van der Waals surface area contributed by atoms with E-state index in [2.05, 4.69) is 11.6 Å². The first-order chi connectivity index (χ1) is 8.61. The molecule has 0 spiro atoms. The molecule has 0 aliphatic heterocycles. The number of halogens is 1. The van der Waals surface area contributed by atoms with Crippen LogP contribution in [0.2, 0.25) is 0 Å². The van der Waals surface area contributed by atoms with Crippen LogP contribution in [0.4, 0.5) is 4.39 Å². The molecular formula is C14H18FNOS. The normalized spacial score (nSPS) is 23.1. The van der Waals surface area contributed by atoms with E-state index < -0.39 is 5.82 Å². The predicted octanol–water partition coefficient (Wildman–Crippen LogP) is 3.15. The minimum atomic E-state index is -0.439. The first-order valence-corrected chi connectivity index (χ1v) is 7.50. The van der Waals surface area contributed by atoms with Gasteiger partial charge in [-0.25, -0.2) is 4.39 Å². The highest BCUT2D eigenvalue weighted by atomic mass is 32.2.